The van der Waals surface area contributed by atoms with Crippen molar-refractivity contribution in [2.24, 2.45) is 26.5 Å². The van der Waals surface area contributed by atoms with Crippen molar-refractivity contribution in [3.63, 3.8) is 0 Å². The summed E-state index contributed by atoms with van der Waals surface area (Å²) in [7, 11) is 0. The molecule has 0 aromatic heterocycles. The summed E-state index contributed by atoms with van der Waals surface area (Å²) in [6.45, 7) is 14.1. The molecule has 0 aromatic rings. The maximum absolute atomic E-state index is 10.3. The van der Waals surface area contributed by atoms with E-state index >= 15 is 0 Å². The van der Waals surface area contributed by atoms with Crippen molar-refractivity contribution in [2.75, 3.05) is 26.4 Å². The zero-order valence-electron chi connectivity index (χ0n) is 22.3. The normalized spacial score (nSPS) is 18.1. The topological polar surface area (TPSA) is 246 Å². The summed E-state index contributed by atoms with van der Waals surface area (Å²) < 4.78 is 4.18. The Bertz CT molecular complexity index is 782. The number of carboxylic acids is 2. The Morgan fingerprint density at radius 2 is 1.50 bits per heavy atom. The molecule has 0 heterocycles. The Kier molecular flexibility index (Phi) is 27.3. The predicted octanol–water partition coefficient (Wildman–Crippen LogP) is 1.19. The number of amides is 1. The van der Waals surface area contributed by atoms with Gasteiger partial charge in [0.05, 0.1) is 32.4 Å². The highest BCUT2D eigenvalue weighted by molar-refractivity contribution is 5.79. The summed E-state index contributed by atoms with van der Waals surface area (Å²) in [5.74, 6) is -1.96. The largest absolute Gasteiger partial charge is 0.478 e. The van der Waals surface area contributed by atoms with Crippen molar-refractivity contribution in [1.29, 1.82) is 0 Å². The van der Waals surface area contributed by atoms with E-state index in [0.717, 1.165) is 31.4 Å². The fraction of sp³-hybridized carbons (Fsp3) is 0.625. The van der Waals surface area contributed by atoms with Crippen LogP contribution in [0.25, 0.3) is 0 Å². The van der Waals surface area contributed by atoms with E-state index in [0.29, 0.717) is 13.2 Å². The molecule has 2 unspecified atom stereocenters. The minimum Gasteiger partial charge on any atom is -0.478 e. The second-order valence-electron chi connectivity index (χ2n) is 8.70. The zero-order valence-corrected chi connectivity index (χ0v) is 22.3. The summed E-state index contributed by atoms with van der Waals surface area (Å²) in [5.41, 5.74) is 4.60. The lowest BCUT2D eigenvalue weighted by Gasteiger charge is -2.44. The summed E-state index contributed by atoms with van der Waals surface area (Å²) in [4.78, 5) is 56.1. The van der Waals surface area contributed by atoms with Crippen LogP contribution in [0.2, 0.25) is 0 Å². The van der Waals surface area contributed by atoms with E-state index in [1.807, 2.05) is 0 Å². The average Bonchev–Trinajstić information content (AvgIpc) is 2.82. The van der Waals surface area contributed by atoms with Crippen molar-refractivity contribution >= 4 is 30.2 Å². The molecular weight excluding hydrogens is 506 g/mol. The number of rotatable bonds is 8. The van der Waals surface area contributed by atoms with Gasteiger partial charge in [-0.05, 0) is 37.0 Å². The van der Waals surface area contributed by atoms with Crippen LogP contribution in [0.3, 0.4) is 0 Å². The molecule has 0 radical (unpaired) electrons. The van der Waals surface area contributed by atoms with Gasteiger partial charge in [-0.25, -0.2) is 34.0 Å². The molecule has 1 fully saturated rings. The molecule has 14 heteroatoms. The fourth-order valence-corrected chi connectivity index (χ4v) is 3.29. The van der Waals surface area contributed by atoms with Gasteiger partial charge in [-0.1, -0.05) is 33.9 Å². The maximum Gasteiger partial charge on any atom is 0.404 e. The van der Waals surface area contributed by atoms with Crippen molar-refractivity contribution in [2.45, 2.75) is 59.1 Å². The minimum atomic E-state index is -0.981. The monoisotopic (exact) mass is 547 g/mol. The van der Waals surface area contributed by atoms with E-state index in [4.69, 9.17) is 25.5 Å². The first-order valence-electron chi connectivity index (χ1n) is 11.2. The Hall–Kier alpha value is -3.67. The Morgan fingerprint density at radius 1 is 1.05 bits per heavy atom. The van der Waals surface area contributed by atoms with E-state index in [1.54, 1.807) is 19.1 Å². The molecule has 7 N–H and O–H groups in total. The number of hydrogen-bond donors (Lipinski definition) is 6. The van der Waals surface area contributed by atoms with Gasteiger partial charge in [0.1, 0.15) is 6.10 Å². The highest BCUT2D eigenvalue weighted by Crippen LogP contribution is 2.47. The summed E-state index contributed by atoms with van der Waals surface area (Å²) >= 11 is 0. The van der Waals surface area contributed by atoms with E-state index in [9.17, 15) is 24.0 Å². The maximum atomic E-state index is 10.3. The number of aliphatic hydroxyl groups is 3. The van der Waals surface area contributed by atoms with Crippen LogP contribution in [0, 0.1) is 10.8 Å². The van der Waals surface area contributed by atoms with E-state index in [1.165, 1.54) is 0 Å². The quantitative estimate of drug-likeness (QED) is 0.143. The zero-order chi connectivity index (χ0) is 30.8. The first-order chi connectivity index (χ1) is 17.5. The van der Waals surface area contributed by atoms with Gasteiger partial charge in [-0.2, -0.15) is 0 Å². The third-order valence-corrected chi connectivity index (χ3v) is 4.24. The van der Waals surface area contributed by atoms with Crippen molar-refractivity contribution in [1.82, 2.24) is 0 Å². The van der Waals surface area contributed by atoms with Gasteiger partial charge in [-0.3, -0.25) is 0 Å². The molecule has 1 aliphatic rings. The lowest BCUT2D eigenvalue weighted by Crippen LogP contribution is -2.39. The van der Waals surface area contributed by atoms with Crippen LogP contribution in [-0.4, -0.2) is 94.2 Å². The number of aliphatic hydroxyl groups excluding tert-OH is 3. The van der Waals surface area contributed by atoms with E-state index < -0.39 is 24.1 Å². The molecular formula is C24H41N3O11. The number of ether oxygens (including phenoxy) is 1. The molecule has 0 spiro atoms. The smallest absolute Gasteiger partial charge is 0.404 e. The first-order valence-corrected chi connectivity index (χ1v) is 11.2. The molecule has 38 heavy (non-hydrogen) atoms. The van der Waals surface area contributed by atoms with Crippen molar-refractivity contribution in [3.05, 3.63) is 25.3 Å². The number of carbonyl (C=O) groups is 3. The van der Waals surface area contributed by atoms with Gasteiger partial charge in [0.25, 0.3) is 0 Å². The van der Waals surface area contributed by atoms with Crippen molar-refractivity contribution < 1.29 is 54.2 Å². The van der Waals surface area contributed by atoms with Crippen LogP contribution in [0.1, 0.15) is 47.0 Å². The van der Waals surface area contributed by atoms with Gasteiger partial charge >= 0.3 is 18.0 Å². The summed E-state index contributed by atoms with van der Waals surface area (Å²) in [6.07, 6.45) is 5.88. The Labute approximate surface area is 222 Å². The van der Waals surface area contributed by atoms with Gasteiger partial charge < -0.3 is 36.0 Å². The molecule has 0 aromatic carbocycles. The second kappa shape index (κ2) is 25.0. The summed E-state index contributed by atoms with van der Waals surface area (Å²) in [5, 5.41) is 39.2. The number of isocyanates is 2. The number of carboxylic acid groups (broad SMARTS) is 2. The molecule has 0 aliphatic heterocycles. The number of hydrogen-bond acceptors (Lipinski definition) is 11. The molecule has 0 bridgehead atoms. The SMILES string of the molecule is C=CC(=O)O.C=CC(=O)O.CC1(C)CC(N=C=O)CC(C)(CN=C=O)C1.CCOC(N)=O.OCC(O)CO. The second-order valence-corrected chi connectivity index (χ2v) is 8.70. The third kappa shape index (κ3) is 32.3. The minimum absolute atomic E-state index is 0.00750. The molecule has 1 aliphatic carbocycles. The number of nitrogens with two attached hydrogens (primary N) is 1. The van der Waals surface area contributed by atoms with E-state index in [-0.39, 0.29) is 30.1 Å². The van der Waals surface area contributed by atoms with Crippen LogP contribution in [0.4, 0.5) is 4.79 Å². The number of carbonyl (C=O) groups excluding carboxylic acids is 3. The predicted molar refractivity (Wildman–Crippen MR) is 138 cm³/mol. The van der Waals surface area contributed by atoms with Gasteiger partial charge in [0, 0.05) is 12.2 Å². The van der Waals surface area contributed by atoms with Crippen LogP contribution < -0.4 is 5.73 Å². The molecule has 218 valence electrons. The van der Waals surface area contributed by atoms with Crippen LogP contribution in [0.15, 0.2) is 35.3 Å². The molecule has 1 amide bonds. The summed E-state index contributed by atoms with van der Waals surface area (Å²) in [6, 6.07) is 0.00750. The number of primary amides is 1. The lowest BCUT2D eigenvalue weighted by atomic mass is 9.63. The molecule has 1 rings (SSSR count). The molecule has 0 saturated heterocycles. The van der Waals surface area contributed by atoms with Gasteiger partial charge in [-0.15, -0.1) is 0 Å². The number of nitrogens with zero attached hydrogens (tertiary/aromatic N) is 2. The highest BCUT2D eigenvalue weighted by atomic mass is 16.5. The van der Waals surface area contributed by atoms with Gasteiger partial charge in [0.15, 0.2) is 0 Å². The van der Waals surface area contributed by atoms with Crippen molar-refractivity contribution in [3.8, 4) is 0 Å². The third-order valence-electron chi connectivity index (χ3n) is 4.24. The van der Waals surface area contributed by atoms with Crippen LogP contribution in [0.5, 0.6) is 0 Å². The average molecular weight is 548 g/mol. The molecule has 14 nitrogen and oxygen atoms in total. The van der Waals surface area contributed by atoms with Crippen LogP contribution in [-0.2, 0) is 23.9 Å². The Morgan fingerprint density at radius 3 is 1.74 bits per heavy atom. The lowest BCUT2D eigenvalue weighted by molar-refractivity contribution is -0.132. The van der Waals surface area contributed by atoms with Crippen LogP contribution >= 0.6 is 0 Å². The highest BCUT2D eigenvalue weighted by Gasteiger charge is 2.41. The number of aliphatic imine (C=N–C) groups is 2. The first kappa shape index (κ1) is 41.5. The molecule has 1 saturated carbocycles. The van der Waals surface area contributed by atoms with Gasteiger partial charge in [0.2, 0.25) is 12.2 Å². The standard InChI is InChI=1S/C12H18N2O2.C3H7NO2.C3H8O3.2C3H4O2/c1-11(2)4-10(14-9-16)5-12(3,6-11)7-13-8-15;1-2-6-3(4)5;4-1-3(6)2-5;2*1-2-3(4)5/h10H,4-7H2,1-3H3;2H2,1H3,(H2,4,5);3-6H,1-2H2;2*2H,1H2,(H,4,5). The number of aliphatic carboxylic acids is 2. The molecule has 2 atom stereocenters. The Balaban J connectivity index is -0.000000218. The fourth-order valence-electron chi connectivity index (χ4n) is 3.29. The van der Waals surface area contributed by atoms with E-state index in [2.05, 4.69) is 54.4 Å².